The number of halogens is 3. The average Bonchev–Trinajstić information content (AvgIpc) is 2.67. The summed E-state index contributed by atoms with van der Waals surface area (Å²) in [5.41, 5.74) is 0.630. The lowest BCUT2D eigenvalue weighted by Crippen LogP contribution is -2.17. The normalized spacial score (nSPS) is 11.9. The van der Waals surface area contributed by atoms with Crippen molar-refractivity contribution in [3.63, 3.8) is 0 Å². The van der Waals surface area contributed by atoms with E-state index in [4.69, 9.17) is 12.2 Å². The van der Waals surface area contributed by atoms with Gasteiger partial charge < -0.3 is 4.98 Å². The van der Waals surface area contributed by atoms with Crippen molar-refractivity contribution in [1.29, 1.82) is 0 Å². The maximum Gasteiger partial charge on any atom is 0.194 e. The Morgan fingerprint density at radius 2 is 1.63 bits per heavy atom. The van der Waals surface area contributed by atoms with E-state index in [9.17, 15) is 13.2 Å². The minimum atomic E-state index is -1.48. The number of aromatic amines is 1. The molecule has 1 heterocycles. The summed E-state index contributed by atoms with van der Waals surface area (Å²) in [4.78, 5) is 2.83. The van der Waals surface area contributed by atoms with Crippen molar-refractivity contribution >= 4 is 12.2 Å². The zero-order valence-corrected chi connectivity index (χ0v) is 11.5. The summed E-state index contributed by atoms with van der Waals surface area (Å²) in [5.74, 6) is -3.96. The van der Waals surface area contributed by atoms with E-state index in [1.54, 1.807) is 6.20 Å². The van der Waals surface area contributed by atoms with Gasteiger partial charge in [0.25, 0.3) is 0 Å². The maximum atomic E-state index is 13.3. The van der Waals surface area contributed by atoms with Crippen LogP contribution in [0.15, 0.2) is 18.3 Å². The number of benzene rings is 1. The van der Waals surface area contributed by atoms with Gasteiger partial charge >= 0.3 is 0 Å². The highest BCUT2D eigenvalue weighted by Gasteiger charge is 2.21. The number of nitrogens with zero attached hydrogens (tertiary/aromatic N) is 1. The molecule has 0 bridgehead atoms. The molecular weight excluding hydrogens is 273 g/mol. The number of H-pyrrole nitrogens is 1. The monoisotopic (exact) mass is 286 g/mol. The van der Waals surface area contributed by atoms with Gasteiger partial charge in [-0.2, -0.15) is 0 Å². The third-order valence-corrected chi connectivity index (χ3v) is 3.07. The highest BCUT2D eigenvalue weighted by Crippen LogP contribution is 2.26. The van der Waals surface area contributed by atoms with Gasteiger partial charge in [0, 0.05) is 29.4 Å². The summed E-state index contributed by atoms with van der Waals surface area (Å²) in [7, 11) is 0. The molecule has 6 heteroatoms. The van der Waals surface area contributed by atoms with Gasteiger partial charge in [-0.15, -0.1) is 0 Å². The van der Waals surface area contributed by atoms with Crippen molar-refractivity contribution < 1.29 is 13.2 Å². The van der Waals surface area contributed by atoms with Crippen LogP contribution in [-0.2, 0) is 5.41 Å². The Labute approximate surface area is 113 Å². The second-order valence-corrected chi connectivity index (χ2v) is 5.67. The summed E-state index contributed by atoms with van der Waals surface area (Å²) in [5, 5.41) is 0. The number of aromatic nitrogens is 2. The summed E-state index contributed by atoms with van der Waals surface area (Å²) in [6, 6.07) is 1.86. The van der Waals surface area contributed by atoms with E-state index in [-0.39, 0.29) is 11.1 Å². The molecule has 0 atom stereocenters. The quantitative estimate of drug-likeness (QED) is 0.614. The predicted octanol–water partition coefficient (Wildman–Crippen LogP) is 4.25. The van der Waals surface area contributed by atoms with E-state index in [0.29, 0.717) is 4.77 Å². The Bertz CT molecular complexity index is 657. The van der Waals surface area contributed by atoms with Crippen molar-refractivity contribution in [1.82, 2.24) is 9.55 Å². The summed E-state index contributed by atoms with van der Waals surface area (Å²) >= 11 is 5.11. The average molecular weight is 286 g/mol. The first kappa shape index (κ1) is 13.9. The van der Waals surface area contributed by atoms with Crippen molar-refractivity contribution in [3.05, 3.63) is 46.2 Å². The summed E-state index contributed by atoms with van der Waals surface area (Å²) < 4.78 is 41.4. The highest BCUT2D eigenvalue weighted by molar-refractivity contribution is 7.71. The standard InChI is InChI=1S/C13H13F3N2S/c1-13(2,3)10-6-17-12(19)18(10)7-4-8(14)11(16)9(15)5-7/h4-6H,1-3H3,(H,17,19). The molecule has 0 aliphatic heterocycles. The Balaban J connectivity index is 2.73. The second kappa shape index (κ2) is 4.52. The smallest absolute Gasteiger partial charge is 0.194 e. The van der Waals surface area contributed by atoms with Crippen LogP contribution < -0.4 is 0 Å². The van der Waals surface area contributed by atoms with E-state index in [0.717, 1.165) is 17.8 Å². The molecule has 1 aromatic carbocycles. The number of rotatable bonds is 1. The van der Waals surface area contributed by atoms with E-state index >= 15 is 0 Å². The molecule has 2 nitrogen and oxygen atoms in total. The maximum absolute atomic E-state index is 13.3. The molecule has 0 unspecified atom stereocenters. The van der Waals surface area contributed by atoms with Crippen molar-refractivity contribution in [2.24, 2.45) is 0 Å². The van der Waals surface area contributed by atoms with Crippen LogP contribution in [0, 0.1) is 22.2 Å². The molecule has 1 N–H and O–H groups in total. The number of imidazole rings is 1. The molecule has 0 saturated heterocycles. The van der Waals surface area contributed by atoms with E-state index in [1.807, 2.05) is 20.8 Å². The van der Waals surface area contributed by atoms with Crippen molar-refractivity contribution in [3.8, 4) is 5.69 Å². The highest BCUT2D eigenvalue weighted by atomic mass is 32.1. The fraction of sp³-hybridized carbons (Fsp3) is 0.308. The third-order valence-electron chi connectivity index (χ3n) is 2.77. The van der Waals surface area contributed by atoms with E-state index in [1.165, 1.54) is 4.57 Å². The topological polar surface area (TPSA) is 20.7 Å². The van der Waals surface area contributed by atoms with Crippen LogP contribution in [0.25, 0.3) is 5.69 Å². The zero-order chi connectivity index (χ0) is 14.4. The van der Waals surface area contributed by atoms with Crippen LogP contribution in [0.2, 0.25) is 0 Å². The van der Waals surface area contributed by atoms with Crippen LogP contribution in [0.4, 0.5) is 13.2 Å². The van der Waals surface area contributed by atoms with Crippen molar-refractivity contribution in [2.75, 3.05) is 0 Å². The molecular formula is C13H13F3N2S. The predicted molar refractivity (Wildman–Crippen MR) is 69.5 cm³/mol. The number of hydrogen-bond acceptors (Lipinski definition) is 1. The van der Waals surface area contributed by atoms with Crippen LogP contribution >= 0.6 is 12.2 Å². The Morgan fingerprint density at radius 3 is 2.11 bits per heavy atom. The minimum absolute atomic E-state index is 0.160. The third kappa shape index (κ3) is 2.45. The fourth-order valence-electron chi connectivity index (χ4n) is 1.85. The molecule has 0 radical (unpaired) electrons. The molecule has 19 heavy (non-hydrogen) atoms. The lowest BCUT2D eigenvalue weighted by Gasteiger charge is -2.20. The molecule has 0 aliphatic rings. The molecule has 2 aromatic rings. The van der Waals surface area contributed by atoms with Crippen LogP contribution in [0.3, 0.4) is 0 Å². The Hall–Kier alpha value is -1.56. The zero-order valence-electron chi connectivity index (χ0n) is 10.7. The van der Waals surface area contributed by atoms with Gasteiger partial charge in [-0.05, 0) is 12.2 Å². The largest absolute Gasteiger partial charge is 0.337 e. The fourth-order valence-corrected chi connectivity index (χ4v) is 2.11. The van der Waals surface area contributed by atoms with Gasteiger partial charge in [0.2, 0.25) is 0 Å². The first-order valence-electron chi connectivity index (χ1n) is 5.67. The van der Waals surface area contributed by atoms with E-state index < -0.39 is 17.5 Å². The lowest BCUT2D eigenvalue weighted by atomic mass is 9.92. The molecule has 0 fully saturated rings. The van der Waals surface area contributed by atoms with Gasteiger partial charge in [-0.1, -0.05) is 20.8 Å². The molecule has 0 spiro atoms. The van der Waals surface area contributed by atoms with Crippen LogP contribution in [-0.4, -0.2) is 9.55 Å². The summed E-state index contributed by atoms with van der Waals surface area (Å²) in [6.07, 6.45) is 1.68. The molecule has 1 aromatic heterocycles. The SMILES string of the molecule is CC(C)(C)c1c[nH]c(=S)n1-c1cc(F)c(F)c(F)c1. The van der Waals surface area contributed by atoms with Gasteiger partial charge in [0.05, 0.1) is 5.69 Å². The summed E-state index contributed by atoms with van der Waals surface area (Å²) in [6.45, 7) is 5.83. The van der Waals surface area contributed by atoms with Gasteiger partial charge in [-0.25, -0.2) is 13.2 Å². The number of nitrogens with one attached hydrogen (secondary N) is 1. The van der Waals surface area contributed by atoms with Crippen molar-refractivity contribution in [2.45, 2.75) is 26.2 Å². The van der Waals surface area contributed by atoms with Crippen LogP contribution in [0.5, 0.6) is 0 Å². The molecule has 0 aliphatic carbocycles. The molecule has 0 saturated carbocycles. The van der Waals surface area contributed by atoms with Crippen LogP contribution in [0.1, 0.15) is 26.5 Å². The molecule has 102 valence electrons. The molecule has 0 amide bonds. The van der Waals surface area contributed by atoms with Gasteiger partial charge in [-0.3, -0.25) is 4.57 Å². The van der Waals surface area contributed by atoms with Gasteiger partial charge in [0.15, 0.2) is 22.2 Å². The minimum Gasteiger partial charge on any atom is -0.337 e. The Morgan fingerprint density at radius 1 is 1.11 bits per heavy atom. The molecule has 2 rings (SSSR count). The second-order valence-electron chi connectivity index (χ2n) is 5.29. The first-order valence-corrected chi connectivity index (χ1v) is 6.08. The lowest BCUT2D eigenvalue weighted by molar-refractivity contribution is 0.445. The first-order chi connectivity index (χ1) is 8.71. The van der Waals surface area contributed by atoms with Gasteiger partial charge in [0.1, 0.15) is 0 Å². The Kier molecular flexibility index (Phi) is 3.30. The van der Waals surface area contributed by atoms with E-state index in [2.05, 4.69) is 4.98 Å². The number of hydrogen-bond donors (Lipinski definition) is 1.